The zero-order chi connectivity index (χ0) is 10.9. The van der Waals surface area contributed by atoms with Crippen molar-refractivity contribution in [1.29, 1.82) is 0 Å². The lowest BCUT2D eigenvalue weighted by Gasteiger charge is -2.23. The first kappa shape index (κ1) is 10.6. The van der Waals surface area contributed by atoms with E-state index in [1.807, 2.05) is 6.07 Å². The van der Waals surface area contributed by atoms with Crippen molar-refractivity contribution in [2.45, 2.75) is 38.2 Å². The van der Waals surface area contributed by atoms with Crippen molar-refractivity contribution >= 4 is 0 Å². The fourth-order valence-electron chi connectivity index (χ4n) is 2.51. The smallest absolute Gasteiger partial charge is 0.123 e. The zero-order valence-electron chi connectivity index (χ0n) is 9.04. The summed E-state index contributed by atoms with van der Waals surface area (Å²) in [6.07, 6.45) is 3.67. The van der Waals surface area contributed by atoms with E-state index in [-0.39, 0.29) is 5.82 Å². The van der Waals surface area contributed by atoms with Gasteiger partial charge in [-0.25, -0.2) is 4.39 Å². The van der Waals surface area contributed by atoms with E-state index in [2.05, 4.69) is 6.92 Å². The van der Waals surface area contributed by atoms with Crippen molar-refractivity contribution in [2.75, 3.05) is 0 Å². The third-order valence-electron chi connectivity index (χ3n) is 3.53. The van der Waals surface area contributed by atoms with Gasteiger partial charge in [-0.05, 0) is 42.9 Å². The van der Waals surface area contributed by atoms with Crippen LogP contribution in [0.25, 0.3) is 0 Å². The molecule has 2 rings (SSSR count). The van der Waals surface area contributed by atoms with Crippen molar-refractivity contribution < 1.29 is 9.50 Å². The third kappa shape index (κ3) is 2.05. The Labute approximate surface area is 89.9 Å². The van der Waals surface area contributed by atoms with Gasteiger partial charge in [0, 0.05) is 0 Å². The SMILES string of the molecule is CCC1CCC(O)(c2cccc(F)c2)C1. The molecule has 2 unspecified atom stereocenters. The zero-order valence-corrected chi connectivity index (χ0v) is 9.04. The Morgan fingerprint density at radius 1 is 1.53 bits per heavy atom. The highest BCUT2D eigenvalue weighted by Gasteiger charge is 2.37. The first-order valence-corrected chi connectivity index (χ1v) is 5.62. The minimum Gasteiger partial charge on any atom is -0.385 e. The summed E-state index contributed by atoms with van der Waals surface area (Å²) in [7, 11) is 0. The van der Waals surface area contributed by atoms with Gasteiger partial charge < -0.3 is 5.11 Å². The molecule has 0 aliphatic heterocycles. The Balaban J connectivity index is 2.23. The minimum absolute atomic E-state index is 0.263. The molecular formula is C13H17FO. The molecular weight excluding hydrogens is 191 g/mol. The third-order valence-corrected chi connectivity index (χ3v) is 3.53. The van der Waals surface area contributed by atoms with Crippen LogP contribution in [0.15, 0.2) is 24.3 Å². The highest BCUT2D eigenvalue weighted by Crippen LogP contribution is 2.43. The standard InChI is InChI=1S/C13H17FO/c1-2-10-6-7-13(15,9-10)11-4-3-5-12(14)8-11/h3-5,8,10,15H,2,6-7,9H2,1H3. The van der Waals surface area contributed by atoms with E-state index in [0.29, 0.717) is 5.92 Å². The molecule has 1 fully saturated rings. The van der Waals surface area contributed by atoms with Crippen LogP contribution in [0.5, 0.6) is 0 Å². The van der Waals surface area contributed by atoms with Crippen molar-refractivity contribution in [1.82, 2.24) is 0 Å². The molecule has 0 spiro atoms. The van der Waals surface area contributed by atoms with Gasteiger partial charge in [-0.2, -0.15) is 0 Å². The van der Waals surface area contributed by atoms with Crippen LogP contribution in [0.2, 0.25) is 0 Å². The molecule has 1 saturated carbocycles. The van der Waals surface area contributed by atoms with Crippen LogP contribution in [0.1, 0.15) is 38.2 Å². The molecule has 1 aliphatic rings. The Morgan fingerprint density at radius 3 is 2.93 bits per heavy atom. The summed E-state index contributed by atoms with van der Waals surface area (Å²) in [5.74, 6) is 0.319. The fraction of sp³-hybridized carbons (Fsp3) is 0.538. The molecule has 1 aromatic carbocycles. The van der Waals surface area contributed by atoms with Gasteiger partial charge >= 0.3 is 0 Å². The van der Waals surface area contributed by atoms with E-state index in [1.165, 1.54) is 12.1 Å². The Bertz CT molecular complexity index is 350. The van der Waals surface area contributed by atoms with E-state index in [1.54, 1.807) is 6.07 Å². The van der Waals surface area contributed by atoms with Crippen LogP contribution in [0.3, 0.4) is 0 Å². The van der Waals surface area contributed by atoms with Gasteiger partial charge in [0.25, 0.3) is 0 Å². The normalized spacial score (nSPS) is 30.7. The highest BCUT2D eigenvalue weighted by atomic mass is 19.1. The summed E-state index contributed by atoms with van der Waals surface area (Å²) in [6.45, 7) is 2.14. The van der Waals surface area contributed by atoms with Gasteiger partial charge in [0.1, 0.15) is 5.82 Å². The maximum absolute atomic E-state index is 13.1. The summed E-state index contributed by atoms with van der Waals surface area (Å²) in [5, 5.41) is 10.4. The second kappa shape index (κ2) is 3.93. The molecule has 1 aliphatic carbocycles. The van der Waals surface area contributed by atoms with E-state index in [9.17, 15) is 9.50 Å². The van der Waals surface area contributed by atoms with Crippen molar-refractivity contribution in [2.24, 2.45) is 5.92 Å². The molecule has 15 heavy (non-hydrogen) atoms. The van der Waals surface area contributed by atoms with Crippen LogP contribution >= 0.6 is 0 Å². The predicted molar refractivity (Wildman–Crippen MR) is 57.9 cm³/mol. The molecule has 82 valence electrons. The van der Waals surface area contributed by atoms with Crippen LogP contribution in [0.4, 0.5) is 4.39 Å². The molecule has 0 radical (unpaired) electrons. The first-order valence-electron chi connectivity index (χ1n) is 5.62. The highest BCUT2D eigenvalue weighted by molar-refractivity contribution is 5.24. The maximum Gasteiger partial charge on any atom is 0.123 e. The van der Waals surface area contributed by atoms with E-state index in [0.717, 1.165) is 31.2 Å². The number of rotatable bonds is 2. The summed E-state index contributed by atoms with van der Waals surface area (Å²) < 4.78 is 13.1. The monoisotopic (exact) mass is 208 g/mol. The summed E-state index contributed by atoms with van der Waals surface area (Å²) in [6, 6.07) is 6.36. The Morgan fingerprint density at radius 2 is 2.33 bits per heavy atom. The van der Waals surface area contributed by atoms with Gasteiger partial charge in [0.05, 0.1) is 5.60 Å². The van der Waals surface area contributed by atoms with E-state index < -0.39 is 5.60 Å². The quantitative estimate of drug-likeness (QED) is 0.791. The largest absolute Gasteiger partial charge is 0.385 e. The Hall–Kier alpha value is -0.890. The molecule has 1 N–H and O–H groups in total. The predicted octanol–water partition coefficient (Wildman–Crippen LogP) is 3.22. The molecule has 0 aromatic heterocycles. The number of benzene rings is 1. The van der Waals surface area contributed by atoms with Crippen molar-refractivity contribution in [3.05, 3.63) is 35.6 Å². The molecule has 1 nitrogen and oxygen atoms in total. The van der Waals surface area contributed by atoms with Crippen molar-refractivity contribution in [3.63, 3.8) is 0 Å². The molecule has 0 bridgehead atoms. The van der Waals surface area contributed by atoms with E-state index >= 15 is 0 Å². The molecule has 0 heterocycles. The summed E-state index contributed by atoms with van der Waals surface area (Å²) in [4.78, 5) is 0. The minimum atomic E-state index is -0.789. The first-order chi connectivity index (χ1) is 7.14. The Kier molecular flexibility index (Phi) is 2.79. The average molecular weight is 208 g/mol. The molecule has 0 saturated heterocycles. The van der Waals surface area contributed by atoms with Crippen LogP contribution < -0.4 is 0 Å². The molecule has 0 amide bonds. The summed E-state index contributed by atoms with van der Waals surface area (Å²) >= 11 is 0. The molecule has 2 atom stereocenters. The topological polar surface area (TPSA) is 20.2 Å². The van der Waals surface area contributed by atoms with Gasteiger partial charge in [-0.15, -0.1) is 0 Å². The van der Waals surface area contributed by atoms with Gasteiger partial charge in [0.2, 0.25) is 0 Å². The number of hydrogen-bond acceptors (Lipinski definition) is 1. The lowest BCUT2D eigenvalue weighted by atomic mass is 9.90. The lowest BCUT2D eigenvalue weighted by molar-refractivity contribution is 0.0395. The van der Waals surface area contributed by atoms with Gasteiger partial charge in [-0.1, -0.05) is 25.5 Å². The van der Waals surface area contributed by atoms with E-state index in [4.69, 9.17) is 0 Å². The van der Waals surface area contributed by atoms with Gasteiger partial charge in [-0.3, -0.25) is 0 Å². The second-order valence-electron chi connectivity index (χ2n) is 4.56. The maximum atomic E-state index is 13.1. The number of aliphatic hydroxyl groups is 1. The van der Waals surface area contributed by atoms with Crippen molar-refractivity contribution in [3.8, 4) is 0 Å². The number of halogens is 1. The molecule has 1 aromatic rings. The lowest BCUT2D eigenvalue weighted by Crippen LogP contribution is -2.21. The summed E-state index contributed by atoms with van der Waals surface area (Å²) in [5.41, 5.74) is -0.0542. The van der Waals surface area contributed by atoms with Crippen LogP contribution in [-0.4, -0.2) is 5.11 Å². The van der Waals surface area contributed by atoms with Crippen LogP contribution in [0, 0.1) is 11.7 Å². The number of hydrogen-bond donors (Lipinski definition) is 1. The fourth-order valence-corrected chi connectivity index (χ4v) is 2.51. The average Bonchev–Trinajstić information content (AvgIpc) is 2.62. The second-order valence-corrected chi connectivity index (χ2v) is 4.56. The van der Waals surface area contributed by atoms with Gasteiger partial charge in [0.15, 0.2) is 0 Å². The van der Waals surface area contributed by atoms with Crippen LogP contribution in [-0.2, 0) is 5.60 Å². The molecule has 2 heteroatoms.